The molecule has 0 bridgehead atoms. The number of anilines is 3. The first-order valence-electron chi connectivity index (χ1n) is 24.1. The van der Waals surface area contributed by atoms with Crippen LogP contribution in [0.4, 0.5) is 17.1 Å². The van der Waals surface area contributed by atoms with Crippen LogP contribution in [0.1, 0.15) is 180 Å². The van der Waals surface area contributed by atoms with E-state index in [4.69, 9.17) is 11.5 Å². The lowest BCUT2D eigenvalue weighted by Gasteiger charge is -2.27. The quantitative estimate of drug-likeness (QED) is 0.0434. The first-order valence-corrected chi connectivity index (χ1v) is 24.1. The highest BCUT2D eigenvalue weighted by Crippen LogP contribution is 2.40. The number of rotatable bonds is 20. The first kappa shape index (κ1) is 48.0. The van der Waals surface area contributed by atoms with Gasteiger partial charge in [-0.05, 0) is 167 Å². The second kappa shape index (κ2) is 22.0. The zero-order valence-corrected chi connectivity index (χ0v) is 40.2. The van der Waals surface area contributed by atoms with E-state index >= 15 is 0 Å². The Hall–Kier alpha value is -5.46. The third-order valence-electron chi connectivity index (χ3n) is 13.3. The molecule has 3 unspecified atom stereocenters. The van der Waals surface area contributed by atoms with Gasteiger partial charge in [-0.15, -0.1) is 0 Å². The lowest BCUT2D eigenvalue weighted by molar-refractivity contribution is 0.474. The summed E-state index contributed by atoms with van der Waals surface area (Å²) in [5.74, 6) is 1.91. The van der Waals surface area contributed by atoms with E-state index in [1.807, 2.05) is 30.3 Å². The van der Waals surface area contributed by atoms with Gasteiger partial charge in [-0.25, -0.2) is 0 Å². The zero-order valence-electron chi connectivity index (χ0n) is 40.2. The maximum absolute atomic E-state index is 9.95. The van der Waals surface area contributed by atoms with Crippen LogP contribution in [0.15, 0.2) is 114 Å². The van der Waals surface area contributed by atoms with Crippen molar-refractivity contribution in [2.75, 3.05) is 16.4 Å². The van der Waals surface area contributed by atoms with Crippen molar-refractivity contribution >= 4 is 17.1 Å². The Labute approximate surface area is 385 Å². The summed E-state index contributed by atoms with van der Waals surface area (Å²) in [4.78, 5) is 0. The summed E-state index contributed by atoms with van der Waals surface area (Å²) in [5, 5.41) is 27.4. The summed E-state index contributed by atoms with van der Waals surface area (Å²) in [6, 6.07) is 31.6. The number of hydrogen-bond acceptors (Lipinski definition) is 6. The Morgan fingerprint density at radius 1 is 0.688 bits per heavy atom. The summed E-state index contributed by atoms with van der Waals surface area (Å²) in [6.45, 7) is 21.1. The molecule has 0 amide bonds. The van der Waals surface area contributed by atoms with Gasteiger partial charge in [0.25, 0.3) is 0 Å². The fourth-order valence-electron chi connectivity index (χ4n) is 9.52. The van der Waals surface area contributed by atoms with E-state index in [1.165, 1.54) is 66.9 Å². The molecule has 0 aromatic heterocycles. The maximum atomic E-state index is 9.95. The van der Waals surface area contributed by atoms with Gasteiger partial charge >= 0.3 is 0 Å². The van der Waals surface area contributed by atoms with Gasteiger partial charge in [0.1, 0.15) is 11.5 Å². The number of phenolic OH excluding ortho intramolecular Hbond substituents is 2. The molecule has 0 radical (unpaired) electrons. The number of aryl methyl sites for hydroxylation is 1. The summed E-state index contributed by atoms with van der Waals surface area (Å²) in [5.41, 5.74) is 32.5. The van der Waals surface area contributed by atoms with E-state index in [1.54, 1.807) is 18.2 Å². The van der Waals surface area contributed by atoms with Gasteiger partial charge in [0.15, 0.2) is 0 Å². The second-order valence-electron chi connectivity index (χ2n) is 19.4. The number of nitrogens with two attached hydrogens (primary N) is 2. The molecule has 0 spiro atoms. The van der Waals surface area contributed by atoms with Gasteiger partial charge in [-0.1, -0.05) is 141 Å². The van der Waals surface area contributed by atoms with Crippen LogP contribution in [-0.2, 0) is 25.8 Å². The van der Waals surface area contributed by atoms with Crippen molar-refractivity contribution in [2.45, 2.75) is 156 Å². The summed E-state index contributed by atoms with van der Waals surface area (Å²) < 4.78 is 0. The highest BCUT2D eigenvalue weighted by molar-refractivity contribution is 5.64. The Bertz CT molecular complexity index is 2380. The van der Waals surface area contributed by atoms with Crippen molar-refractivity contribution in [3.63, 3.8) is 0 Å². The van der Waals surface area contributed by atoms with E-state index < -0.39 is 0 Å². The fraction of sp³-hybridized carbons (Fsp3) is 0.414. The van der Waals surface area contributed by atoms with Crippen molar-refractivity contribution in [3.8, 4) is 11.5 Å². The number of phenols is 2. The van der Waals surface area contributed by atoms with E-state index in [-0.39, 0.29) is 12.1 Å². The third kappa shape index (κ3) is 12.2. The van der Waals surface area contributed by atoms with Crippen LogP contribution < -0.4 is 22.1 Å². The first-order chi connectivity index (χ1) is 30.6. The lowest BCUT2D eigenvalue weighted by atomic mass is 9.84. The van der Waals surface area contributed by atoms with Crippen molar-refractivity contribution in [1.29, 1.82) is 0 Å². The van der Waals surface area contributed by atoms with Crippen molar-refractivity contribution in [2.24, 2.45) is 5.73 Å². The molecular weight excluding hydrogens is 785 g/mol. The smallest absolute Gasteiger partial charge is 0.115 e. The van der Waals surface area contributed by atoms with Gasteiger partial charge in [0.05, 0.1) is 6.04 Å². The molecule has 0 saturated carbocycles. The van der Waals surface area contributed by atoms with Crippen LogP contribution in [0.2, 0.25) is 0 Å². The molecule has 0 aliphatic heterocycles. The molecule has 0 heterocycles. The van der Waals surface area contributed by atoms with E-state index in [0.717, 1.165) is 68.3 Å². The molecule has 5 aromatic carbocycles. The number of benzene rings is 5. The van der Waals surface area contributed by atoms with Crippen LogP contribution in [0, 0.1) is 0 Å². The Kier molecular flexibility index (Phi) is 16.5. The Balaban J connectivity index is 1.15. The van der Waals surface area contributed by atoms with Crippen LogP contribution in [0.5, 0.6) is 11.5 Å². The van der Waals surface area contributed by atoms with Crippen molar-refractivity contribution in [3.05, 3.63) is 170 Å². The van der Waals surface area contributed by atoms with Crippen LogP contribution in [0.3, 0.4) is 0 Å². The predicted molar refractivity (Wildman–Crippen MR) is 273 cm³/mol. The fourth-order valence-corrected chi connectivity index (χ4v) is 9.52. The molecule has 6 heteroatoms. The van der Waals surface area contributed by atoms with Gasteiger partial charge in [-0.2, -0.15) is 0 Å². The topological polar surface area (TPSA) is 117 Å². The molecule has 5 aromatic rings. The van der Waals surface area contributed by atoms with Gasteiger partial charge in [0, 0.05) is 29.6 Å². The molecule has 8 N–H and O–H groups in total. The largest absolute Gasteiger partial charge is 0.508 e. The summed E-state index contributed by atoms with van der Waals surface area (Å²) in [6.07, 6.45) is 12.3. The van der Waals surface area contributed by atoms with Crippen LogP contribution in [-0.4, -0.2) is 16.3 Å². The van der Waals surface area contributed by atoms with Gasteiger partial charge < -0.3 is 32.3 Å². The van der Waals surface area contributed by atoms with E-state index in [2.05, 4.69) is 128 Å². The molecule has 1 aliphatic carbocycles. The van der Waals surface area contributed by atoms with Crippen molar-refractivity contribution in [1.82, 2.24) is 0 Å². The molecule has 1 aliphatic rings. The van der Waals surface area contributed by atoms with E-state index in [0.29, 0.717) is 41.7 Å². The second-order valence-corrected chi connectivity index (χ2v) is 19.4. The molecule has 6 rings (SSSR count). The van der Waals surface area contributed by atoms with Crippen LogP contribution in [0.25, 0.3) is 0 Å². The zero-order chi connectivity index (χ0) is 46.1. The standard InChI is InChI=1S/C58H76N4O2/c1-10-45-28-41(19-25-56(45)61-35-42-15-13-17-49(64)30-42)26-40-18-24-54(59)47(29-40)16-12-14-39(9)53-34-43(31-50(36(3)4)57(53)60)27-44-32-51(37(5)6)58(52(33-44)38(7)8)62-55(11-2)46-20-22-48(63)23-21-46/h13,15,17-23,25,28-34,36-39,54-55,61-64H,10-12,14,16,24,26-27,35,59-60H2,1-9H3. The lowest BCUT2D eigenvalue weighted by Crippen LogP contribution is -2.24. The number of nitrogen functional groups attached to an aromatic ring is 1. The summed E-state index contributed by atoms with van der Waals surface area (Å²) in [7, 11) is 0. The van der Waals surface area contributed by atoms with Crippen molar-refractivity contribution < 1.29 is 10.2 Å². The monoisotopic (exact) mass is 861 g/mol. The molecule has 0 saturated heterocycles. The Morgan fingerprint density at radius 3 is 1.97 bits per heavy atom. The minimum atomic E-state index is 0.0592. The van der Waals surface area contributed by atoms with Crippen LogP contribution >= 0.6 is 0 Å². The van der Waals surface area contributed by atoms with Gasteiger partial charge in [0.2, 0.25) is 0 Å². The highest BCUT2D eigenvalue weighted by Gasteiger charge is 2.22. The molecule has 6 nitrogen and oxygen atoms in total. The minimum absolute atomic E-state index is 0.0592. The number of hydrogen-bond donors (Lipinski definition) is 6. The molecule has 3 atom stereocenters. The average Bonchev–Trinajstić information content (AvgIpc) is 3.26. The summed E-state index contributed by atoms with van der Waals surface area (Å²) >= 11 is 0. The molecule has 64 heavy (non-hydrogen) atoms. The molecule has 340 valence electrons. The number of aromatic hydroxyl groups is 2. The number of nitrogens with one attached hydrogen (secondary N) is 2. The maximum Gasteiger partial charge on any atom is 0.115 e. The average molecular weight is 861 g/mol. The number of allylic oxidation sites excluding steroid dienone is 2. The van der Waals surface area contributed by atoms with E-state index in [9.17, 15) is 10.2 Å². The third-order valence-corrected chi connectivity index (χ3v) is 13.3. The predicted octanol–water partition coefficient (Wildman–Crippen LogP) is 14.5. The minimum Gasteiger partial charge on any atom is -0.508 e. The highest BCUT2D eigenvalue weighted by atomic mass is 16.3. The SMILES string of the molecule is CCc1cc(CC2=CCC(N)C(CCCC(C)c3cc(Cc4cc(C(C)C)c(NC(CC)c5ccc(O)cc5)c(C(C)C)c4)cc(C(C)C)c3N)=C2)ccc1NCc1cccc(O)c1. The molecule has 0 fully saturated rings. The normalized spacial score (nSPS) is 15.0. The Morgan fingerprint density at radius 2 is 1.34 bits per heavy atom. The van der Waals surface area contributed by atoms with Gasteiger partial charge in [-0.3, -0.25) is 0 Å². The molecular formula is C58H76N4O2.